The largest absolute Gasteiger partial charge is 0.468 e. The van der Waals surface area contributed by atoms with Gasteiger partial charge in [0.05, 0.1) is 17.8 Å². The third-order valence-electron chi connectivity index (χ3n) is 3.34. The number of benzene rings is 2. The van der Waals surface area contributed by atoms with E-state index in [1.165, 1.54) is 11.8 Å². The van der Waals surface area contributed by atoms with E-state index >= 15 is 0 Å². The lowest BCUT2D eigenvalue weighted by Gasteiger charge is -2.11. The van der Waals surface area contributed by atoms with E-state index in [1.807, 2.05) is 66.7 Å². The molecule has 0 fully saturated rings. The molecule has 0 unspecified atom stereocenters. The molecule has 1 heterocycles. The molecule has 0 saturated carbocycles. The van der Waals surface area contributed by atoms with Crippen molar-refractivity contribution >= 4 is 23.4 Å². The lowest BCUT2D eigenvalue weighted by atomic mass is 10.0. The molecule has 3 rings (SSSR count). The van der Waals surface area contributed by atoms with Gasteiger partial charge in [0.15, 0.2) is 0 Å². The Kier molecular flexibility index (Phi) is 5.17. The molecule has 0 aliphatic rings. The summed E-state index contributed by atoms with van der Waals surface area (Å²) in [5.41, 5.74) is 2.95. The van der Waals surface area contributed by atoms with E-state index < -0.39 is 0 Å². The first-order chi connectivity index (χ1) is 11.3. The highest BCUT2D eigenvalue weighted by atomic mass is 32.2. The van der Waals surface area contributed by atoms with E-state index in [4.69, 9.17) is 4.42 Å². The molecule has 1 N–H and O–H groups in total. The molecule has 1 amide bonds. The number of furan rings is 1. The second kappa shape index (κ2) is 7.70. The second-order valence-electron chi connectivity index (χ2n) is 5.03. The standard InChI is InChI=1S/C19H17NO2S/c21-19(14-23-13-16-9-6-12-22-16)20-18-11-5-4-10-17(18)15-7-2-1-3-8-15/h1-12H,13-14H2,(H,20,21). The minimum Gasteiger partial charge on any atom is -0.468 e. The molecule has 0 radical (unpaired) electrons. The first kappa shape index (κ1) is 15.4. The van der Waals surface area contributed by atoms with E-state index in [1.54, 1.807) is 6.26 Å². The Labute approximate surface area is 139 Å². The summed E-state index contributed by atoms with van der Waals surface area (Å²) in [6, 6.07) is 21.7. The highest BCUT2D eigenvalue weighted by Gasteiger charge is 2.08. The average molecular weight is 323 g/mol. The molecule has 23 heavy (non-hydrogen) atoms. The van der Waals surface area contributed by atoms with Gasteiger partial charge >= 0.3 is 0 Å². The fraction of sp³-hybridized carbons (Fsp3) is 0.105. The minimum absolute atomic E-state index is 0.00932. The van der Waals surface area contributed by atoms with Crippen LogP contribution in [-0.4, -0.2) is 11.7 Å². The van der Waals surface area contributed by atoms with Gasteiger partial charge in [-0.3, -0.25) is 4.79 Å². The minimum atomic E-state index is -0.00932. The number of hydrogen-bond donors (Lipinski definition) is 1. The highest BCUT2D eigenvalue weighted by Crippen LogP contribution is 2.27. The van der Waals surface area contributed by atoms with Crippen molar-refractivity contribution in [2.45, 2.75) is 5.75 Å². The number of anilines is 1. The molecule has 3 aromatic rings. The van der Waals surface area contributed by atoms with E-state index in [9.17, 15) is 4.79 Å². The van der Waals surface area contributed by atoms with Crippen LogP contribution >= 0.6 is 11.8 Å². The predicted octanol–water partition coefficient (Wildman–Crippen LogP) is 4.82. The van der Waals surface area contributed by atoms with Gasteiger partial charge in [0, 0.05) is 11.3 Å². The molecular formula is C19H17NO2S. The maximum Gasteiger partial charge on any atom is 0.234 e. The molecule has 3 nitrogen and oxygen atoms in total. The van der Waals surface area contributed by atoms with Crippen LogP contribution in [0.3, 0.4) is 0 Å². The average Bonchev–Trinajstić information content (AvgIpc) is 3.09. The molecule has 0 saturated heterocycles. The second-order valence-corrected chi connectivity index (χ2v) is 6.02. The zero-order chi connectivity index (χ0) is 15.9. The summed E-state index contributed by atoms with van der Waals surface area (Å²) in [6.07, 6.45) is 1.64. The zero-order valence-electron chi connectivity index (χ0n) is 12.6. The van der Waals surface area contributed by atoms with Crippen molar-refractivity contribution in [2.75, 3.05) is 11.1 Å². The molecule has 1 aromatic heterocycles. The van der Waals surface area contributed by atoms with Crippen molar-refractivity contribution in [1.29, 1.82) is 0 Å². The molecule has 0 bridgehead atoms. The number of hydrogen-bond acceptors (Lipinski definition) is 3. The van der Waals surface area contributed by atoms with E-state index in [0.717, 1.165) is 22.6 Å². The lowest BCUT2D eigenvalue weighted by molar-refractivity contribution is -0.113. The summed E-state index contributed by atoms with van der Waals surface area (Å²) in [5.74, 6) is 1.96. The number of amides is 1. The van der Waals surface area contributed by atoms with Crippen molar-refractivity contribution in [3.05, 3.63) is 78.8 Å². The highest BCUT2D eigenvalue weighted by molar-refractivity contribution is 7.99. The van der Waals surface area contributed by atoms with E-state index in [0.29, 0.717) is 11.5 Å². The number of thioether (sulfide) groups is 1. The van der Waals surface area contributed by atoms with Crippen molar-refractivity contribution in [3.63, 3.8) is 0 Å². The molecule has 0 aliphatic carbocycles. The normalized spacial score (nSPS) is 10.4. The Morgan fingerprint density at radius 2 is 1.74 bits per heavy atom. The Morgan fingerprint density at radius 3 is 2.52 bits per heavy atom. The van der Waals surface area contributed by atoms with Gasteiger partial charge < -0.3 is 9.73 Å². The first-order valence-corrected chi connectivity index (χ1v) is 8.53. The van der Waals surface area contributed by atoms with Crippen LogP contribution in [0, 0.1) is 0 Å². The summed E-state index contributed by atoms with van der Waals surface area (Å²) in [5, 5.41) is 3.00. The van der Waals surface area contributed by atoms with E-state index in [-0.39, 0.29) is 5.91 Å². The molecule has 0 atom stereocenters. The van der Waals surface area contributed by atoms with Gasteiger partial charge in [-0.25, -0.2) is 0 Å². The number of carbonyl (C=O) groups is 1. The van der Waals surface area contributed by atoms with Gasteiger partial charge in [-0.05, 0) is 23.8 Å². The van der Waals surface area contributed by atoms with Crippen LogP contribution in [0.4, 0.5) is 5.69 Å². The van der Waals surface area contributed by atoms with Crippen LogP contribution in [0.2, 0.25) is 0 Å². The van der Waals surface area contributed by atoms with Gasteiger partial charge in [0.1, 0.15) is 5.76 Å². The smallest absolute Gasteiger partial charge is 0.234 e. The maximum absolute atomic E-state index is 12.2. The van der Waals surface area contributed by atoms with Crippen molar-refractivity contribution in [3.8, 4) is 11.1 Å². The SMILES string of the molecule is O=C(CSCc1ccco1)Nc1ccccc1-c1ccccc1. The molecule has 0 aliphatic heterocycles. The van der Waals surface area contributed by atoms with Crippen LogP contribution < -0.4 is 5.32 Å². The molecular weight excluding hydrogens is 306 g/mol. The van der Waals surface area contributed by atoms with Crippen LogP contribution in [0.5, 0.6) is 0 Å². The fourth-order valence-corrected chi connectivity index (χ4v) is 3.01. The Morgan fingerprint density at radius 1 is 0.957 bits per heavy atom. The van der Waals surface area contributed by atoms with Crippen molar-refractivity contribution < 1.29 is 9.21 Å². The summed E-state index contributed by atoms with van der Waals surface area (Å²) in [6.45, 7) is 0. The summed E-state index contributed by atoms with van der Waals surface area (Å²) in [7, 11) is 0. The summed E-state index contributed by atoms with van der Waals surface area (Å²) < 4.78 is 5.26. The van der Waals surface area contributed by atoms with Crippen LogP contribution in [-0.2, 0) is 10.5 Å². The third kappa shape index (κ3) is 4.27. The van der Waals surface area contributed by atoms with Crippen LogP contribution in [0.25, 0.3) is 11.1 Å². The molecule has 0 spiro atoms. The van der Waals surface area contributed by atoms with Crippen LogP contribution in [0.1, 0.15) is 5.76 Å². The van der Waals surface area contributed by atoms with Gasteiger partial charge in [0.25, 0.3) is 0 Å². The molecule has 116 valence electrons. The monoisotopic (exact) mass is 323 g/mol. The third-order valence-corrected chi connectivity index (χ3v) is 4.30. The lowest BCUT2D eigenvalue weighted by Crippen LogP contribution is -2.14. The van der Waals surface area contributed by atoms with Crippen molar-refractivity contribution in [1.82, 2.24) is 0 Å². The Hall–Kier alpha value is -2.46. The Bertz CT molecular complexity index is 754. The Balaban J connectivity index is 1.62. The van der Waals surface area contributed by atoms with Crippen LogP contribution in [0.15, 0.2) is 77.4 Å². The number of nitrogens with one attached hydrogen (secondary N) is 1. The predicted molar refractivity (Wildman–Crippen MR) is 95.4 cm³/mol. The first-order valence-electron chi connectivity index (χ1n) is 7.37. The van der Waals surface area contributed by atoms with E-state index in [2.05, 4.69) is 5.32 Å². The molecule has 2 aromatic carbocycles. The topological polar surface area (TPSA) is 42.2 Å². The molecule has 4 heteroatoms. The number of para-hydroxylation sites is 1. The number of rotatable bonds is 6. The summed E-state index contributed by atoms with van der Waals surface area (Å²) in [4.78, 5) is 12.2. The maximum atomic E-state index is 12.2. The van der Waals surface area contributed by atoms with Crippen molar-refractivity contribution in [2.24, 2.45) is 0 Å². The van der Waals surface area contributed by atoms with Gasteiger partial charge in [-0.15, -0.1) is 11.8 Å². The number of carbonyl (C=O) groups excluding carboxylic acids is 1. The van der Waals surface area contributed by atoms with Gasteiger partial charge in [-0.1, -0.05) is 48.5 Å². The summed E-state index contributed by atoms with van der Waals surface area (Å²) >= 11 is 1.53. The zero-order valence-corrected chi connectivity index (χ0v) is 13.4. The quantitative estimate of drug-likeness (QED) is 0.707. The fourth-order valence-electron chi connectivity index (χ4n) is 2.29. The van der Waals surface area contributed by atoms with Gasteiger partial charge in [0.2, 0.25) is 5.91 Å². The van der Waals surface area contributed by atoms with Gasteiger partial charge in [-0.2, -0.15) is 0 Å².